The lowest BCUT2D eigenvalue weighted by Crippen LogP contribution is -2.39. The van der Waals surface area contributed by atoms with Crippen LogP contribution < -0.4 is 16.0 Å². The Hall–Kier alpha value is -3.23. The topological polar surface area (TPSA) is 81.9 Å². The number of hydrogen-bond donors (Lipinski definition) is 1. The van der Waals surface area contributed by atoms with Gasteiger partial charge in [-0.2, -0.15) is 0 Å². The van der Waals surface area contributed by atoms with Gasteiger partial charge in [0.25, 0.3) is 5.56 Å². The number of ether oxygens (including phenoxy) is 1. The van der Waals surface area contributed by atoms with Gasteiger partial charge in [-0.25, -0.2) is 18.6 Å². The summed E-state index contributed by atoms with van der Waals surface area (Å²) in [7, 11) is 0. The third-order valence-electron chi connectivity index (χ3n) is 5.79. The summed E-state index contributed by atoms with van der Waals surface area (Å²) in [6, 6.07) is 7.33. The molecule has 170 valence electrons. The molecule has 4 rings (SSSR count). The molecule has 7 nitrogen and oxygen atoms in total. The van der Waals surface area contributed by atoms with E-state index in [0.29, 0.717) is 42.1 Å². The van der Waals surface area contributed by atoms with E-state index < -0.39 is 5.92 Å². The molecule has 9 heteroatoms. The first-order valence-electron chi connectivity index (χ1n) is 10.9. The van der Waals surface area contributed by atoms with Gasteiger partial charge < -0.3 is 9.72 Å². The van der Waals surface area contributed by atoms with Crippen LogP contribution in [0.1, 0.15) is 50.9 Å². The summed E-state index contributed by atoms with van der Waals surface area (Å²) in [5.74, 6) is -1.45. The Morgan fingerprint density at radius 2 is 1.75 bits per heavy atom. The van der Waals surface area contributed by atoms with E-state index in [1.807, 2.05) is 25.1 Å². The van der Waals surface area contributed by atoms with Crippen LogP contribution in [0.5, 0.6) is 5.75 Å². The van der Waals surface area contributed by atoms with E-state index in [2.05, 4.69) is 9.97 Å². The molecule has 0 amide bonds. The van der Waals surface area contributed by atoms with Crippen molar-refractivity contribution in [2.75, 3.05) is 0 Å². The normalized spacial score (nSPS) is 16.8. The van der Waals surface area contributed by atoms with Crippen molar-refractivity contribution < 1.29 is 13.5 Å². The maximum absolute atomic E-state index is 13.3. The predicted molar refractivity (Wildman–Crippen MR) is 119 cm³/mol. The second-order valence-corrected chi connectivity index (χ2v) is 7.97. The monoisotopic (exact) mass is 444 g/mol. The van der Waals surface area contributed by atoms with Crippen molar-refractivity contribution in [2.45, 2.75) is 64.6 Å². The Bertz CT molecular complexity index is 1250. The molecule has 1 N–H and O–H groups in total. The summed E-state index contributed by atoms with van der Waals surface area (Å²) in [4.78, 5) is 32.5. The highest BCUT2D eigenvalue weighted by atomic mass is 19.3. The molecule has 0 bridgehead atoms. The van der Waals surface area contributed by atoms with E-state index in [4.69, 9.17) is 4.74 Å². The maximum Gasteiger partial charge on any atom is 0.332 e. The molecule has 1 aromatic carbocycles. The highest BCUT2D eigenvalue weighted by molar-refractivity contribution is 5.75. The lowest BCUT2D eigenvalue weighted by Gasteiger charge is -2.28. The molecule has 2 aromatic heterocycles. The molecule has 1 fully saturated rings. The molecule has 0 saturated heterocycles. The molecule has 0 unspecified atom stereocenters. The van der Waals surface area contributed by atoms with Crippen molar-refractivity contribution in [3.8, 4) is 5.75 Å². The number of imidazole rings is 1. The van der Waals surface area contributed by atoms with Gasteiger partial charge in [-0.3, -0.25) is 13.9 Å². The fourth-order valence-corrected chi connectivity index (χ4v) is 3.98. The van der Waals surface area contributed by atoms with Gasteiger partial charge in [-0.1, -0.05) is 18.2 Å². The number of alkyl halides is 2. The molecule has 0 atom stereocenters. The number of rotatable bonds is 6. The Kier molecular flexibility index (Phi) is 5.99. The molecular formula is C23H26F2N4O3. The van der Waals surface area contributed by atoms with E-state index in [1.165, 1.54) is 9.13 Å². The second-order valence-electron chi connectivity index (χ2n) is 7.97. The largest absolute Gasteiger partial charge is 0.490 e. The number of aromatic amines is 1. The molecule has 2 heterocycles. The summed E-state index contributed by atoms with van der Waals surface area (Å²) >= 11 is 0. The first-order chi connectivity index (χ1) is 15.3. The molecule has 0 spiro atoms. The van der Waals surface area contributed by atoms with Crippen LogP contribution in [-0.4, -0.2) is 31.1 Å². The first kappa shape index (κ1) is 22.0. The third-order valence-corrected chi connectivity index (χ3v) is 5.79. The van der Waals surface area contributed by atoms with E-state index in [9.17, 15) is 18.4 Å². The smallest absolute Gasteiger partial charge is 0.332 e. The highest BCUT2D eigenvalue weighted by Gasteiger charge is 2.35. The van der Waals surface area contributed by atoms with Gasteiger partial charge in [0.15, 0.2) is 5.65 Å². The molecule has 3 aromatic rings. The summed E-state index contributed by atoms with van der Waals surface area (Å²) in [5.41, 5.74) is 0.772. The summed E-state index contributed by atoms with van der Waals surface area (Å²) in [5, 5.41) is 0. The highest BCUT2D eigenvalue weighted by Crippen LogP contribution is 2.34. The number of hydrogen-bond acceptors (Lipinski definition) is 4. The molecular weight excluding hydrogens is 418 g/mol. The van der Waals surface area contributed by atoms with Crippen LogP contribution in [0.15, 0.2) is 33.9 Å². The van der Waals surface area contributed by atoms with Crippen molar-refractivity contribution in [1.29, 1.82) is 0 Å². The molecule has 1 aliphatic carbocycles. The van der Waals surface area contributed by atoms with E-state index in [0.717, 1.165) is 5.56 Å². The molecule has 32 heavy (non-hydrogen) atoms. The summed E-state index contributed by atoms with van der Waals surface area (Å²) < 4.78 is 35.0. The van der Waals surface area contributed by atoms with Crippen LogP contribution in [-0.2, 0) is 13.1 Å². The summed E-state index contributed by atoms with van der Waals surface area (Å²) in [6.45, 7) is 4.28. The number of fused-ring (bicyclic) bond motifs is 1. The average molecular weight is 444 g/mol. The minimum absolute atomic E-state index is 0.134. The number of aromatic nitrogens is 4. The van der Waals surface area contributed by atoms with Crippen LogP contribution in [0, 0.1) is 0 Å². The van der Waals surface area contributed by atoms with Gasteiger partial charge in [0, 0.05) is 25.9 Å². The minimum Gasteiger partial charge on any atom is -0.490 e. The van der Waals surface area contributed by atoms with Crippen molar-refractivity contribution in [1.82, 2.24) is 19.1 Å². The fourth-order valence-electron chi connectivity index (χ4n) is 3.98. The average Bonchev–Trinajstić information content (AvgIpc) is 3.20. The molecule has 0 aliphatic heterocycles. The van der Waals surface area contributed by atoms with Gasteiger partial charge in [0.1, 0.15) is 17.1 Å². The van der Waals surface area contributed by atoms with Crippen LogP contribution >= 0.6 is 0 Å². The number of aryl methyl sites for hydroxylation is 1. The minimum atomic E-state index is -2.57. The first-order valence-corrected chi connectivity index (χ1v) is 10.9. The van der Waals surface area contributed by atoms with Crippen LogP contribution in [0.2, 0.25) is 0 Å². The van der Waals surface area contributed by atoms with Gasteiger partial charge in [-0.05, 0) is 50.5 Å². The van der Waals surface area contributed by atoms with E-state index >= 15 is 0 Å². The van der Waals surface area contributed by atoms with Gasteiger partial charge in [0.2, 0.25) is 5.92 Å². The van der Waals surface area contributed by atoms with Gasteiger partial charge in [0.05, 0.1) is 6.10 Å². The molecule has 0 radical (unpaired) electrons. The number of halogens is 2. The quantitative estimate of drug-likeness (QED) is 0.622. The number of nitrogens with one attached hydrogen (secondary N) is 1. The van der Waals surface area contributed by atoms with E-state index in [-0.39, 0.29) is 36.7 Å². The molecule has 1 aliphatic rings. The maximum atomic E-state index is 13.3. The SMILES string of the molecule is CCn1c(=O)c2[nH]c(/C=C/c3ccc(OC4CCC(F)(F)CC4)cc3)nc2n(CC)c1=O. The molecule has 1 saturated carbocycles. The lowest BCUT2D eigenvalue weighted by molar-refractivity contribution is -0.0582. The second kappa shape index (κ2) is 8.72. The number of H-pyrrole nitrogens is 1. The summed E-state index contributed by atoms with van der Waals surface area (Å²) in [6.07, 6.45) is 3.81. The van der Waals surface area contributed by atoms with Crippen LogP contribution in [0.25, 0.3) is 23.3 Å². The lowest BCUT2D eigenvalue weighted by atomic mass is 9.94. The zero-order valence-electron chi connectivity index (χ0n) is 18.1. The predicted octanol–water partition coefficient (Wildman–Crippen LogP) is 4.05. The van der Waals surface area contributed by atoms with Crippen LogP contribution in [0.3, 0.4) is 0 Å². The van der Waals surface area contributed by atoms with E-state index in [1.54, 1.807) is 25.1 Å². The third kappa shape index (κ3) is 4.37. The van der Waals surface area contributed by atoms with Crippen molar-refractivity contribution in [3.05, 3.63) is 56.5 Å². The van der Waals surface area contributed by atoms with Gasteiger partial charge >= 0.3 is 5.69 Å². The Morgan fingerprint density at radius 3 is 2.38 bits per heavy atom. The standard InChI is InChI=1S/C23H26F2N4O3/c1-3-28-20-19(21(30)29(4-2)22(28)31)26-18(27-20)10-7-15-5-8-16(9-6-15)32-17-11-13-23(24,25)14-12-17/h5-10,17H,3-4,11-14H2,1-2H3,(H,26,27)/b10-7+. The number of benzene rings is 1. The Morgan fingerprint density at radius 1 is 1.09 bits per heavy atom. The van der Waals surface area contributed by atoms with Crippen LogP contribution in [0.4, 0.5) is 8.78 Å². The van der Waals surface area contributed by atoms with Crippen molar-refractivity contribution in [3.63, 3.8) is 0 Å². The van der Waals surface area contributed by atoms with Crippen molar-refractivity contribution in [2.24, 2.45) is 0 Å². The fraction of sp³-hybridized carbons (Fsp3) is 0.435. The van der Waals surface area contributed by atoms with Crippen molar-refractivity contribution >= 4 is 23.3 Å². The zero-order chi connectivity index (χ0) is 22.9. The zero-order valence-corrected chi connectivity index (χ0v) is 18.1. The number of nitrogens with zero attached hydrogens (tertiary/aromatic N) is 3. The Labute approximate surface area is 183 Å². The Balaban J connectivity index is 1.50. The van der Waals surface area contributed by atoms with Gasteiger partial charge in [-0.15, -0.1) is 0 Å².